The molecule has 0 aliphatic heterocycles. The summed E-state index contributed by atoms with van der Waals surface area (Å²) in [5.74, 6) is -0.449. The fourth-order valence-electron chi connectivity index (χ4n) is 0.678. The smallest absolute Gasteiger partial charge is 0.433 e. The van der Waals surface area contributed by atoms with Crippen LogP contribution in [0.5, 0.6) is 0 Å². The highest BCUT2D eigenvalue weighted by Gasteiger charge is 2.03. The summed E-state index contributed by atoms with van der Waals surface area (Å²) in [6.45, 7) is 1.97. The van der Waals surface area contributed by atoms with E-state index in [-0.39, 0.29) is 6.61 Å². The molecule has 0 atom stereocenters. The number of allylic oxidation sites excluding steroid dienone is 1. The maximum Gasteiger partial charge on any atom is 0.433 e. The molecule has 88 valence electrons. The molecule has 0 fully saturated rings. The largest absolute Gasteiger partial charge is 0.465 e. The van der Waals surface area contributed by atoms with Gasteiger partial charge in [0.05, 0.1) is 19.3 Å². The SMILES string of the molecule is CCOC(=O)/N=C/C=C\C(=C/I)C(=O)OC. The molecule has 16 heavy (non-hydrogen) atoms. The highest BCUT2D eigenvalue weighted by molar-refractivity contribution is 14.1. The van der Waals surface area contributed by atoms with E-state index in [0.717, 1.165) is 0 Å². The Morgan fingerprint density at radius 1 is 1.44 bits per heavy atom. The van der Waals surface area contributed by atoms with Crippen molar-refractivity contribution in [2.45, 2.75) is 6.92 Å². The van der Waals surface area contributed by atoms with Gasteiger partial charge in [-0.25, -0.2) is 9.59 Å². The van der Waals surface area contributed by atoms with Crippen LogP contribution in [0.2, 0.25) is 0 Å². The molecule has 1 amide bonds. The molecule has 6 heteroatoms. The number of esters is 1. The van der Waals surface area contributed by atoms with E-state index in [2.05, 4.69) is 14.5 Å². The summed E-state index contributed by atoms with van der Waals surface area (Å²) < 4.78 is 10.7. The van der Waals surface area contributed by atoms with Crippen molar-refractivity contribution in [1.29, 1.82) is 0 Å². The first-order valence-electron chi connectivity index (χ1n) is 4.41. The van der Waals surface area contributed by atoms with Gasteiger partial charge in [0.15, 0.2) is 0 Å². The van der Waals surface area contributed by atoms with Crippen molar-refractivity contribution in [1.82, 2.24) is 0 Å². The lowest BCUT2D eigenvalue weighted by molar-refractivity contribution is -0.135. The number of hydrogen-bond donors (Lipinski definition) is 0. The number of hydrogen-bond acceptors (Lipinski definition) is 4. The number of ether oxygens (including phenoxy) is 2. The summed E-state index contributed by atoms with van der Waals surface area (Å²) in [5.41, 5.74) is 0.374. The van der Waals surface area contributed by atoms with Crippen LogP contribution in [-0.2, 0) is 14.3 Å². The van der Waals surface area contributed by atoms with E-state index in [9.17, 15) is 9.59 Å². The Balaban J connectivity index is 4.28. The molecule has 0 heterocycles. The maximum atomic E-state index is 11.1. The molecule has 0 rings (SSSR count). The molecule has 0 aromatic carbocycles. The molecule has 0 N–H and O–H groups in total. The van der Waals surface area contributed by atoms with Crippen molar-refractivity contribution in [2.24, 2.45) is 4.99 Å². The molecular weight excluding hydrogens is 325 g/mol. The number of halogens is 1. The first kappa shape index (κ1) is 14.8. The minimum atomic E-state index is -0.662. The molecule has 0 saturated heterocycles. The van der Waals surface area contributed by atoms with Crippen molar-refractivity contribution in [2.75, 3.05) is 13.7 Å². The van der Waals surface area contributed by atoms with Crippen molar-refractivity contribution in [3.05, 3.63) is 21.8 Å². The first-order chi connectivity index (χ1) is 7.65. The summed E-state index contributed by atoms with van der Waals surface area (Å²) in [6.07, 6.45) is 3.53. The van der Waals surface area contributed by atoms with Gasteiger partial charge in [-0.3, -0.25) is 0 Å². The Kier molecular flexibility index (Phi) is 8.41. The third-order valence-corrected chi connectivity index (χ3v) is 2.02. The fourth-order valence-corrected chi connectivity index (χ4v) is 1.14. The number of carbonyl (C=O) groups excluding carboxylic acids is 2. The average Bonchev–Trinajstić information content (AvgIpc) is 2.28. The lowest BCUT2D eigenvalue weighted by Gasteiger charge is -1.96. The number of carbonyl (C=O) groups is 2. The zero-order chi connectivity index (χ0) is 12.4. The summed E-state index contributed by atoms with van der Waals surface area (Å²) in [5, 5.41) is 0. The molecule has 0 radical (unpaired) electrons. The zero-order valence-corrected chi connectivity index (χ0v) is 11.1. The van der Waals surface area contributed by atoms with E-state index >= 15 is 0 Å². The number of rotatable bonds is 4. The lowest BCUT2D eigenvalue weighted by atomic mass is 10.3. The molecule has 0 aliphatic carbocycles. The lowest BCUT2D eigenvalue weighted by Crippen LogP contribution is -2.01. The number of amides is 1. The standard InChI is InChI=1S/C10H12INO4/c1-3-16-10(14)12-6-4-5-8(7-11)9(13)15-2/h4-7H,3H2,1-2H3/b5-4-,8-7+,12-6+. The molecule has 0 aliphatic rings. The Labute approximate surface area is 107 Å². The Morgan fingerprint density at radius 3 is 2.62 bits per heavy atom. The normalized spacial score (nSPS) is 12.1. The van der Waals surface area contributed by atoms with Crippen LogP contribution < -0.4 is 0 Å². The Bertz CT molecular complexity index is 334. The molecule has 0 aromatic rings. The molecule has 0 unspecified atom stereocenters. The van der Waals surface area contributed by atoms with Crippen LogP contribution >= 0.6 is 22.6 Å². The van der Waals surface area contributed by atoms with Crippen LogP contribution in [-0.4, -0.2) is 32.0 Å². The van der Waals surface area contributed by atoms with Gasteiger partial charge in [-0.1, -0.05) is 22.6 Å². The van der Waals surface area contributed by atoms with E-state index in [1.165, 1.54) is 25.5 Å². The van der Waals surface area contributed by atoms with E-state index in [0.29, 0.717) is 5.57 Å². The highest BCUT2D eigenvalue weighted by atomic mass is 127. The van der Waals surface area contributed by atoms with E-state index in [1.54, 1.807) is 11.0 Å². The average molecular weight is 337 g/mol. The van der Waals surface area contributed by atoms with Crippen LogP contribution in [0.4, 0.5) is 4.79 Å². The first-order valence-corrected chi connectivity index (χ1v) is 5.66. The van der Waals surface area contributed by atoms with Crippen molar-refractivity contribution in [3.63, 3.8) is 0 Å². The van der Waals surface area contributed by atoms with Crippen LogP contribution in [0.25, 0.3) is 0 Å². The van der Waals surface area contributed by atoms with Gasteiger partial charge in [-0.15, -0.1) is 0 Å². The third-order valence-electron chi connectivity index (χ3n) is 1.35. The zero-order valence-electron chi connectivity index (χ0n) is 8.97. The van der Waals surface area contributed by atoms with Crippen LogP contribution in [0, 0.1) is 0 Å². The van der Waals surface area contributed by atoms with E-state index in [4.69, 9.17) is 0 Å². The third kappa shape index (κ3) is 6.33. The van der Waals surface area contributed by atoms with Crippen LogP contribution in [0.1, 0.15) is 6.92 Å². The molecule has 5 nitrogen and oxygen atoms in total. The number of methoxy groups -OCH3 is 1. The van der Waals surface area contributed by atoms with Gasteiger partial charge in [-0.2, -0.15) is 4.99 Å². The Hall–Kier alpha value is -1.18. The second kappa shape index (κ2) is 9.08. The summed E-state index contributed by atoms with van der Waals surface area (Å²) in [7, 11) is 1.29. The van der Waals surface area contributed by atoms with Gasteiger partial charge in [0, 0.05) is 6.21 Å². The van der Waals surface area contributed by atoms with Gasteiger partial charge in [-0.05, 0) is 23.2 Å². The van der Waals surface area contributed by atoms with Gasteiger partial charge >= 0.3 is 12.1 Å². The van der Waals surface area contributed by atoms with Gasteiger partial charge in [0.2, 0.25) is 0 Å². The maximum absolute atomic E-state index is 11.1. The second-order valence-corrected chi connectivity index (χ2v) is 3.02. The van der Waals surface area contributed by atoms with Gasteiger partial charge < -0.3 is 9.47 Å². The summed E-state index contributed by atoms with van der Waals surface area (Å²) in [6, 6.07) is 0. The minimum Gasteiger partial charge on any atom is -0.465 e. The fraction of sp³-hybridized carbons (Fsp3) is 0.300. The second-order valence-electron chi connectivity index (χ2n) is 2.39. The summed E-state index contributed by atoms with van der Waals surface area (Å²) in [4.78, 5) is 25.3. The summed E-state index contributed by atoms with van der Waals surface area (Å²) >= 11 is 1.92. The van der Waals surface area contributed by atoms with E-state index < -0.39 is 12.1 Å². The molecule has 0 saturated carbocycles. The van der Waals surface area contributed by atoms with E-state index in [1.807, 2.05) is 22.6 Å². The van der Waals surface area contributed by atoms with Gasteiger partial charge in [0.25, 0.3) is 0 Å². The molecular formula is C10H12INO4. The minimum absolute atomic E-state index is 0.279. The highest BCUT2D eigenvalue weighted by Crippen LogP contribution is 2.03. The predicted molar refractivity (Wildman–Crippen MR) is 68.8 cm³/mol. The molecule has 0 bridgehead atoms. The topological polar surface area (TPSA) is 65.0 Å². The molecule has 0 aromatic heterocycles. The number of nitrogens with zero attached hydrogens (tertiary/aromatic N) is 1. The van der Waals surface area contributed by atoms with Crippen LogP contribution in [0.15, 0.2) is 26.8 Å². The van der Waals surface area contributed by atoms with Crippen LogP contribution in [0.3, 0.4) is 0 Å². The van der Waals surface area contributed by atoms with Gasteiger partial charge in [0.1, 0.15) is 0 Å². The van der Waals surface area contributed by atoms with Crippen molar-refractivity contribution >= 4 is 40.9 Å². The van der Waals surface area contributed by atoms with Crippen molar-refractivity contribution < 1.29 is 19.1 Å². The molecule has 0 spiro atoms. The predicted octanol–water partition coefficient (Wildman–Crippen LogP) is 2.26. The Morgan fingerprint density at radius 2 is 2.12 bits per heavy atom. The van der Waals surface area contributed by atoms with Crippen molar-refractivity contribution in [3.8, 4) is 0 Å². The monoisotopic (exact) mass is 337 g/mol. The number of aliphatic imine (C=N–C) groups is 1. The quantitative estimate of drug-likeness (QED) is 0.260.